The number of benzene rings is 2. The lowest BCUT2D eigenvalue weighted by Gasteiger charge is -2.29. The van der Waals surface area contributed by atoms with Gasteiger partial charge in [0.05, 0.1) is 0 Å². The maximum atomic E-state index is 12.4. The number of hydrogen-bond acceptors (Lipinski definition) is 1. The van der Waals surface area contributed by atoms with E-state index in [-0.39, 0.29) is 0 Å². The standard InChI is InChI=1S/C30H38F2S/c1-2-3-4-5-6-7-8-9-24-12-18-27(19-13-24)28-20-14-25(15-21-28)10-11-26-16-22-29(23-17-26)33-30(31)32/h14-17,20-24,27,30H,2-9,12-13,18-19H2,1H3. The highest BCUT2D eigenvalue weighted by molar-refractivity contribution is 7.99. The average Bonchev–Trinajstić information content (AvgIpc) is 2.83. The summed E-state index contributed by atoms with van der Waals surface area (Å²) < 4.78 is 24.8. The van der Waals surface area contributed by atoms with Crippen LogP contribution in [0.2, 0.25) is 0 Å². The summed E-state index contributed by atoms with van der Waals surface area (Å²) in [5, 5.41) is 0. The Balaban J connectivity index is 1.39. The van der Waals surface area contributed by atoms with Gasteiger partial charge >= 0.3 is 0 Å². The first-order valence-corrected chi connectivity index (χ1v) is 13.7. The Morgan fingerprint density at radius 3 is 1.88 bits per heavy atom. The van der Waals surface area contributed by atoms with E-state index in [0.717, 1.165) is 17.0 Å². The molecular formula is C30H38F2S. The Hall–Kier alpha value is -1.79. The molecule has 0 amide bonds. The lowest BCUT2D eigenvalue weighted by molar-refractivity contribution is 0.252. The molecule has 3 heteroatoms. The molecule has 0 aromatic heterocycles. The predicted octanol–water partition coefficient (Wildman–Crippen LogP) is 9.82. The summed E-state index contributed by atoms with van der Waals surface area (Å²) in [6.45, 7) is 2.28. The molecular weight excluding hydrogens is 430 g/mol. The van der Waals surface area contributed by atoms with Crippen LogP contribution in [0.1, 0.15) is 107 Å². The Bertz CT molecular complexity index is 853. The van der Waals surface area contributed by atoms with Crippen molar-refractivity contribution in [3.8, 4) is 11.8 Å². The van der Waals surface area contributed by atoms with Crippen molar-refractivity contribution >= 4 is 11.8 Å². The van der Waals surface area contributed by atoms with Gasteiger partial charge in [-0.05, 0) is 79.5 Å². The fraction of sp³-hybridized carbons (Fsp3) is 0.533. The fourth-order valence-electron chi connectivity index (χ4n) is 4.88. The molecule has 0 bridgehead atoms. The first-order valence-electron chi connectivity index (χ1n) is 12.8. The van der Waals surface area contributed by atoms with Crippen molar-refractivity contribution in [3.05, 3.63) is 65.2 Å². The molecule has 1 saturated carbocycles. The van der Waals surface area contributed by atoms with Crippen molar-refractivity contribution in [1.82, 2.24) is 0 Å². The van der Waals surface area contributed by atoms with Crippen molar-refractivity contribution in [2.45, 2.75) is 101 Å². The van der Waals surface area contributed by atoms with E-state index in [1.807, 2.05) is 0 Å². The van der Waals surface area contributed by atoms with Crippen molar-refractivity contribution in [3.63, 3.8) is 0 Å². The smallest absolute Gasteiger partial charge is 0.198 e. The molecule has 1 aliphatic rings. The molecule has 1 fully saturated rings. The molecule has 2 aromatic rings. The largest absolute Gasteiger partial charge is 0.288 e. The van der Waals surface area contributed by atoms with E-state index >= 15 is 0 Å². The number of unbranched alkanes of at least 4 members (excludes halogenated alkanes) is 6. The molecule has 0 heterocycles. The van der Waals surface area contributed by atoms with E-state index in [0.29, 0.717) is 22.6 Å². The molecule has 0 unspecified atom stereocenters. The maximum Gasteiger partial charge on any atom is 0.288 e. The molecule has 2 aromatic carbocycles. The summed E-state index contributed by atoms with van der Waals surface area (Å²) in [6.07, 6.45) is 16.7. The van der Waals surface area contributed by atoms with E-state index < -0.39 is 5.76 Å². The van der Waals surface area contributed by atoms with Gasteiger partial charge in [-0.3, -0.25) is 0 Å². The highest BCUT2D eigenvalue weighted by Crippen LogP contribution is 2.37. The van der Waals surface area contributed by atoms with Gasteiger partial charge < -0.3 is 0 Å². The molecule has 0 N–H and O–H groups in total. The Morgan fingerprint density at radius 1 is 0.758 bits per heavy atom. The highest BCUT2D eigenvalue weighted by Gasteiger charge is 2.21. The molecule has 3 rings (SSSR count). The van der Waals surface area contributed by atoms with E-state index in [9.17, 15) is 8.78 Å². The van der Waals surface area contributed by atoms with Crippen molar-refractivity contribution in [2.75, 3.05) is 0 Å². The Labute approximate surface area is 204 Å². The molecule has 1 aliphatic carbocycles. The lowest BCUT2D eigenvalue weighted by Crippen LogP contribution is -2.13. The minimum absolute atomic E-state index is 0.563. The lowest BCUT2D eigenvalue weighted by atomic mass is 9.77. The third-order valence-corrected chi connectivity index (χ3v) is 7.60. The van der Waals surface area contributed by atoms with Crippen molar-refractivity contribution in [2.24, 2.45) is 5.92 Å². The van der Waals surface area contributed by atoms with Crippen LogP contribution < -0.4 is 0 Å². The van der Waals surface area contributed by atoms with Crippen molar-refractivity contribution < 1.29 is 8.78 Å². The van der Waals surface area contributed by atoms with E-state index in [4.69, 9.17) is 0 Å². The van der Waals surface area contributed by atoms with Gasteiger partial charge in [0.25, 0.3) is 5.76 Å². The summed E-state index contributed by atoms with van der Waals surface area (Å²) in [7, 11) is 0. The van der Waals surface area contributed by atoms with Crippen molar-refractivity contribution in [1.29, 1.82) is 0 Å². The summed E-state index contributed by atoms with van der Waals surface area (Å²) in [6, 6.07) is 15.7. The van der Waals surface area contributed by atoms with E-state index in [2.05, 4.69) is 43.0 Å². The molecule has 0 radical (unpaired) electrons. The third kappa shape index (κ3) is 9.54. The zero-order valence-corrected chi connectivity index (χ0v) is 20.8. The number of alkyl halides is 2. The van der Waals surface area contributed by atoms with E-state index in [1.165, 1.54) is 82.6 Å². The van der Waals surface area contributed by atoms with Crippen LogP contribution in [0.25, 0.3) is 0 Å². The van der Waals surface area contributed by atoms with Crippen LogP contribution in [0.5, 0.6) is 0 Å². The highest BCUT2D eigenvalue weighted by atomic mass is 32.2. The predicted molar refractivity (Wildman–Crippen MR) is 138 cm³/mol. The van der Waals surface area contributed by atoms with Crippen LogP contribution in [-0.2, 0) is 0 Å². The van der Waals surface area contributed by atoms with Gasteiger partial charge in [-0.25, -0.2) is 0 Å². The van der Waals surface area contributed by atoms with Crippen LogP contribution in [-0.4, -0.2) is 5.76 Å². The zero-order valence-electron chi connectivity index (χ0n) is 20.0. The van der Waals surface area contributed by atoms with Crippen LogP contribution in [0, 0.1) is 17.8 Å². The second kappa shape index (κ2) is 14.5. The van der Waals surface area contributed by atoms with Gasteiger partial charge in [-0.1, -0.05) is 94.0 Å². The van der Waals surface area contributed by atoms with Gasteiger partial charge in [0.2, 0.25) is 0 Å². The summed E-state index contributed by atoms with van der Waals surface area (Å²) in [5.74, 6) is 5.58. The number of hydrogen-bond donors (Lipinski definition) is 0. The third-order valence-electron chi connectivity index (χ3n) is 6.88. The second-order valence-electron chi connectivity index (χ2n) is 9.40. The monoisotopic (exact) mass is 468 g/mol. The maximum absolute atomic E-state index is 12.4. The number of halogens is 2. The van der Waals surface area contributed by atoms with Gasteiger partial charge in [-0.2, -0.15) is 8.78 Å². The normalized spacial score (nSPS) is 18.2. The second-order valence-corrected chi connectivity index (χ2v) is 10.5. The SMILES string of the molecule is CCCCCCCCCC1CCC(c2ccc(C#Cc3ccc(SC(F)F)cc3)cc2)CC1. The molecule has 0 atom stereocenters. The molecule has 178 valence electrons. The topological polar surface area (TPSA) is 0 Å². The minimum atomic E-state index is -2.39. The average molecular weight is 469 g/mol. The zero-order chi connectivity index (χ0) is 23.3. The van der Waals surface area contributed by atoms with Crippen LogP contribution in [0.4, 0.5) is 8.78 Å². The number of thioether (sulfide) groups is 1. The van der Waals surface area contributed by atoms with Crippen LogP contribution in [0.15, 0.2) is 53.4 Å². The fourth-order valence-corrected chi connectivity index (χ4v) is 5.38. The van der Waals surface area contributed by atoms with Crippen LogP contribution >= 0.6 is 11.8 Å². The first-order chi connectivity index (χ1) is 16.1. The summed E-state index contributed by atoms with van der Waals surface area (Å²) >= 11 is 0.563. The summed E-state index contributed by atoms with van der Waals surface area (Å²) in [5.41, 5.74) is 3.29. The molecule has 0 spiro atoms. The molecule has 0 nitrogen and oxygen atoms in total. The molecule has 0 aliphatic heterocycles. The molecule has 33 heavy (non-hydrogen) atoms. The van der Waals surface area contributed by atoms with Gasteiger partial charge in [0, 0.05) is 16.0 Å². The van der Waals surface area contributed by atoms with Gasteiger partial charge in [0.15, 0.2) is 0 Å². The first kappa shape index (κ1) is 25.8. The summed E-state index contributed by atoms with van der Waals surface area (Å²) in [4.78, 5) is 0.567. The Kier molecular flexibility index (Phi) is 11.3. The Morgan fingerprint density at radius 2 is 1.30 bits per heavy atom. The van der Waals surface area contributed by atoms with Gasteiger partial charge in [-0.15, -0.1) is 0 Å². The quantitative estimate of drug-likeness (QED) is 0.180. The molecule has 0 saturated heterocycles. The van der Waals surface area contributed by atoms with E-state index in [1.54, 1.807) is 24.3 Å². The van der Waals surface area contributed by atoms with Gasteiger partial charge in [0.1, 0.15) is 0 Å². The number of rotatable bonds is 11. The van der Waals surface area contributed by atoms with Crippen LogP contribution in [0.3, 0.4) is 0 Å². The minimum Gasteiger partial charge on any atom is -0.198 e.